The Kier molecular flexibility index (Phi) is 6.81. The van der Waals surface area contributed by atoms with Crippen molar-refractivity contribution in [3.05, 3.63) is 0 Å². The third-order valence-corrected chi connectivity index (χ3v) is 3.83. The highest BCUT2D eigenvalue weighted by atomic mass is 16.5. The Labute approximate surface area is 126 Å². The van der Waals surface area contributed by atoms with Gasteiger partial charge in [-0.3, -0.25) is 19.3 Å². The van der Waals surface area contributed by atoms with Gasteiger partial charge in [-0.2, -0.15) is 0 Å². The van der Waals surface area contributed by atoms with Gasteiger partial charge in [-0.05, 0) is 32.2 Å². The molecule has 2 atom stereocenters. The Morgan fingerprint density at radius 1 is 1.33 bits per heavy atom. The molecule has 0 aromatic rings. The smallest absolute Gasteiger partial charge is 0.309 e. The van der Waals surface area contributed by atoms with Crippen LogP contribution in [0.2, 0.25) is 0 Å². The van der Waals surface area contributed by atoms with Gasteiger partial charge in [0.25, 0.3) is 0 Å². The lowest BCUT2D eigenvalue weighted by Crippen LogP contribution is -2.49. The molecule has 0 aromatic carbocycles. The highest BCUT2D eigenvalue weighted by molar-refractivity contribution is 5.88. The minimum atomic E-state index is -0.446. The molecule has 0 aromatic heterocycles. The topological polar surface area (TPSA) is 75.7 Å². The number of carbonyl (C=O) groups is 3. The summed E-state index contributed by atoms with van der Waals surface area (Å²) in [6, 6.07) is -0.446. The van der Waals surface area contributed by atoms with Crippen LogP contribution in [0.1, 0.15) is 33.6 Å². The number of methoxy groups -OCH3 is 1. The molecule has 1 fully saturated rings. The van der Waals surface area contributed by atoms with E-state index in [1.54, 1.807) is 0 Å². The predicted octanol–water partition coefficient (Wildman–Crippen LogP) is 0.601. The second-order valence-corrected chi connectivity index (χ2v) is 6.00. The van der Waals surface area contributed by atoms with Crippen molar-refractivity contribution in [2.75, 3.05) is 26.7 Å². The molecule has 21 heavy (non-hydrogen) atoms. The van der Waals surface area contributed by atoms with Gasteiger partial charge >= 0.3 is 5.97 Å². The van der Waals surface area contributed by atoms with Crippen LogP contribution in [0.5, 0.6) is 0 Å². The number of ketones is 1. The minimum Gasteiger partial charge on any atom is -0.469 e. The highest BCUT2D eigenvalue weighted by Gasteiger charge is 2.28. The zero-order valence-electron chi connectivity index (χ0n) is 13.3. The van der Waals surface area contributed by atoms with Gasteiger partial charge in [-0.15, -0.1) is 0 Å². The molecule has 2 unspecified atom stereocenters. The lowest BCUT2D eigenvalue weighted by Gasteiger charge is -2.31. The summed E-state index contributed by atoms with van der Waals surface area (Å²) in [6.45, 7) is 6.82. The molecule has 6 nitrogen and oxygen atoms in total. The molecule has 0 bridgehead atoms. The van der Waals surface area contributed by atoms with E-state index in [9.17, 15) is 14.4 Å². The third kappa shape index (κ3) is 5.46. The number of hydrogen-bond donors (Lipinski definition) is 1. The van der Waals surface area contributed by atoms with Gasteiger partial charge in [0.15, 0.2) is 5.78 Å². The number of likely N-dealkylation sites (tertiary alicyclic amines) is 1. The number of esters is 1. The number of nitrogens with zero attached hydrogens (tertiary/aromatic N) is 1. The first kappa shape index (κ1) is 17.6. The normalized spacial score (nSPS) is 20.9. The maximum atomic E-state index is 12.1. The zero-order chi connectivity index (χ0) is 16.0. The van der Waals surface area contributed by atoms with Crippen LogP contribution in [0.4, 0.5) is 0 Å². The van der Waals surface area contributed by atoms with Gasteiger partial charge in [-0.1, -0.05) is 13.8 Å². The lowest BCUT2D eigenvalue weighted by molar-refractivity contribution is -0.147. The van der Waals surface area contributed by atoms with Gasteiger partial charge in [-0.25, -0.2) is 0 Å². The molecule has 1 amide bonds. The van der Waals surface area contributed by atoms with Crippen LogP contribution in [0, 0.1) is 11.8 Å². The fraction of sp³-hybridized carbons (Fsp3) is 0.800. The first-order chi connectivity index (χ1) is 9.85. The van der Waals surface area contributed by atoms with E-state index in [-0.39, 0.29) is 36.0 Å². The Morgan fingerprint density at radius 2 is 2.00 bits per heavy atom. The van der Waals surface area contributed by atoms with E-state index in [4.69, 9.17) is 4.74 Å². The van der Waals surface area contributed by atoms with Crippen LogP contribution in [0.3, 0.4) is 0 Å². The summed E-state index contributed by atoms with van der Waals surface area (Å²) >= 11 is 0. The number of carbonyl (C=O) groups excluding carboxylic acids is 3. The minimum absolute atomic E-state index is 0.0376. The molecular formula is C15H26N2O4. The number of hydrogen-bond acceptors (Lipinski definition) is 5. The number of piperidine rings is 1. The van der Waals surface area contributed by atoms with Crippen molar-refractivity contribution < 1.29 is 19.1 Å². The first-order valence-corrected chi connectivity index (χ1v) is 7.45. The molecule has 1 rings (SSSR count). The summed E-state index contributed by atoms with van der Waals surface area (Å²) < 4.78 is 4.76. The molecular weight excluding hydrogens is 272 g/mol. The van der Waals surface area contributed by atoms with Crippen molar-refractivity contribution >= 4 is 17.7 Å². The Morgan fingerprint density at radius 3 is 2.52 bits per heavy atom. The van der Waals surface area contributed by atoms with Crippen LogP contribution in [-0.2, 0) is 19.1 Å². The standard InChI is InChI=1S/C15H26N2O4/c1-10(2)14(11(3)18)16-13(19)9-17-7-5-6-12(8-17)15(20)21-4/h10,12,14H,5-9H2,1-4H3,(H,16,19). The molecule has 6 heteroatoms. The average molecular weight is 298 g/mol. The number of amides is 1. The fourth-order valence-electron chi connectivity index (χ4n) is 2.72. The molecule has 120 valence electrons. The Balaban J connectivity index is 2.50. The van der Waals surface area contributed by atoms with Crippen molar-refractivity contribution in [2.45, 2.75) is 39.7 Å². The predicted molar refractivity (Wildman–Crippen MR) is 78.6 cm³/mol. The van der Waals surface area contributed by atoms with E-state index in [2.05, 4.69) is 5.32 Å². The van der Waals surface area contributed by atoms with Crippen molar-refractivity contribution in [3.63, 3.8) is 0 Å². The second kappa shape index (κ2) is 8.12. The highest BCUT2D eigenvalue weighted by Crippen LogP contribution is 2.17. The maximum absolute atomic E-state index is 12.1. The summed E-state index contributed by atoms with van der Waals surface area (Å²) in [5.41, 5.74) is 0. The van der Waals surface area contributed by atoms with E-state index < -0.39 is 6.04 Å². The molecule has 1 N–H and O–H groups in total. The summed E-state index contributed by atoms with van der Waals surface area (Å²) in [5.74, 6) is -0.524. The second-order valence-electron chi connectivity index (χ2n) is 6.00. The maximum Gasteiger partial charge on any atom is 0.309 e. The molecule has 1 saturated heterocycles. The molecule has 1 aliphatic rings. The SMILES string of the molecule is COC(=O)C1CCCN(CC(=O)NC(C(C)=O)C(C)C)C1. The molecule has 0 aliphatic carbocycles. The lowest BCUT2D eigenvalue weighted by atomic mass is 9.98. The van der Waals surface area contributed by atoms with Crippen molar-refractivity contribution in [3.8, 4) is 0 Å². The zero-order valence-corrected chi connectivity index (χ0v) is 13.3. The van der Waals surface area contributed by atoms with Crippen LogP contribution in [0.25, 0.3) is 0 Å². The fourth-order valence-corrected chi connectivity index (χ4v) is 2.72. The van der Waals surface area contributed by atoms with Crippen LogP contribution >= 0.6 is 0 Å². The summed E-state index contributed by atoms with van der Waals surface area (Å²) in [6.07, 6.45) is 1.67. The van der Waals surface area contributed by atoms with E-state index >= 15 is 0 Å². The largest absolute Gasteiger partial charge is 0.469 e. The summed E-state index contributed by atoms with van der Waals surface area (Å²) in [4.78, 5) is 37.1. The molecule has 0 spiro atoms. The number of ether oxygens (including phenoxy) is 1. The van der Waals surface area contributed by atoms with Gasteiger partial charge < -0.3 is 10.1 Å². The summed E-state index contributed by atoms with van der Waals surface area (Å²) in [5, 5.41) is 2.77. The van der Waals surface area contributed by atoms with Gasteiger partial charge in [0.1, 0.15) is 0 Å². The Bertz CT molecular complexity index is 395. The van der Waals surface area contributed by atoms with E-state index in [0.29, 0.717) is 6.54 Å². The van der Waals surface area contributed by atoms with Crippen LogP contribution < -0.4 is 5.32 Å². The number of Topliss-reactive ketones (excluding diaryl/α,β-unsaturated/α-hetero) is 1. The number of rotatable bonds is 6. The van der Waals surface area contributed by atoms with Gasteiger partial charge in [0.2, 0.25) is 5.91 Å². The monoisotopic (exact) mass is 298 g/mol. The van der Waals surface area contributed by atoms with E-state index in [1.165, 1.54) is 14.0 Å². The third-order valence-electron chi connectivity index (χ3n) is 3.83. The molecule has 1 heterocycles. The number of nitrogens with one attached hydrogen (secondary N) is 1. The van der Waals surface area contributed by atoms with Crippen molar-refractivity contribution in [1.29, 1.82) is 0 Å². The summed E-state index contributed by atoms with van der Waals surface area (Å²) in [7, 11) is 1.38. The van der Waals surface area contributed by atoms with Gasteiger partial charge in [0, 0.05) is 6.54 Å². The van der Waals surface area contributed by atoms with Crippen LogP contribution in [-0.4, -0.2) is 55.3 Å². The molecule has 0 saturated carbocycles. The first-order valence-electron chi connectivity index (χ1n) is 7.45. The average Bonchev–Trinajstić information content (AvgIpc) is 2.43. The van der Waals surface area contributed by atoms with Crippen molar-refractivity contribution in [1.82, 2.24) is 10.2 Å². The van der Waals surface area contributed by atoms with Crippen LogP contribution in [0.15, 0.2) is 0 Å². The van der Waals surface area contributed by atoms with Crippen molar-refractivity contribution in [2.24, 2.45) is 11.8 Å². The Hall–Kier alpha value is -1.43. The molecule has 0 radical (unpaired) electrons. The van der Waals surface area contributed by atoms with E-state index in [1.807, 2.05) is 18.7 Å². The molecule has 1 aliphatic heterocycles. The van der Waals surface area contributed by atoms with E-state index in [0.717, 1.165) is 19.4 Å². The quantitative estimate of drug-likeness (QED) is 0.727. The van der Waals surface area contributed by atoms with Gasteiger partial charge in [0.05, 0.1) is 25.6 Å².